The van der Waals surface area contributed by atoms with E-state index in [9.17, 15) is 9.59 Å². The molecule has 1 unspecified atom stereocenters. The zero-order valence-corrected chi connectivity index (χ0v) is 20.8. The normalized spacial score (nSPS) is 15.5. The molecule has 1 aromatic carbocycles. The second-order valence-corrected chi connectivity index (χ2v) is 10.4. The van der Waals surface area contributed by atoms with E-state index in [4.69, 9.17) is 21.7 Å². The van der Waals surface area contributed by atoms with Crippen molar-refractivity contribution >= 4 is 45.5 Å². The minimum atomic E-state index is -0.391. The van der Waals surface area contributed by atoms with Gasteiger partial charge in [0.25, 0.3) is 5.91 Å². The van der Waals surface area contributed by atoms with Crippen LogP contribution in [0.3, 0.4) is 0 Å². The highest BCUT2D eigenvalue weighted by molar-refractivity contribution is 7.80. The fourth-order valence-electron chi connectivity index (χ4n) is 3.93. The molecule has 1 aliphatic carbocycles. The Labute approximate surface area is 198 Å². The highest BCUT2D eigenvalue weighted by Crippen LogP contribution is 2.44. The molecule has 6 nitrogen and oxygen atoms in total. The third-order valence-corrected chi connectivity index (χ3v) is 7.11. The summed E-state index contributed by atoms with van der Waals surface area (Å²) in [7, 11) is 1.38. The summed E-state index contributed by atoms with van der Waals surface area (Å²) in [6.45, 7) is 9.15. The number of anilines is 1. The lowest BCUT2D eigenvalue weighted by molar-refractivity contribution is 0.0600. The number of methoxy groups -OCH3 is 1. The predicted molar refractivity (Wildman–Crippen MR) is 132 cm³/mol. The van der Waals surface area contributed by atoms with E-state index in [1.807, 2.05) is 6.92 Å². The minimum Gasteiger partial charge on any atom is -0.494 e. The smallest absolute Gasteiger partial charge is 0.341 e. The second-order valence-electron chi connectivity index (χ2n) is 8.87. The van der Waals surface area contributed by atoms with Crippen LogP contribution < -0.4 is 15.4 Å². The maximum Gasteiger partial charge on any atom is 0.341 e. The van der Waals surface area contributed by atoms with Gasteiger partial charge in [-0.2, -0.15) is 0 Å². The Balaban J connectivity index is 1.78. The molecule has 0 saturated carbocycles. The summed E-state index contributed by atoms with van der Waals surface area (Å²) >= 11 is 6.90. The summed E-state index contributed by atoms with van der Waals surface area (Å²) in [6, 6.07) is 6.90. The number of fused-ring (bicyclic) bond motifs is 1. The molecule has 32 heavy (non-hydrogen) atoms. The first kappa shape index (κ1) is 24.2. The van der Waals surface area contributed by atoms with Gasteiger partial charge in [0.1, 0.15) is 10.8 Å². The molecule has 172 valence electrons. The number of ether oxygens (including phenoxy) is 2. The summed E-state index contributed by atoms with van der Waals surface area (Å²) in [5.74, 6) is 0.415. The molecule has 0 saturated heterocycles. The minimum absolute atomic E-state index is 0.132. The van der Waals surface area contributed by atoms with Gasteiger partial charge in [0.2, 0.25) is 0 Å². The molecule has 0 bridgehead atoms. The first-order valence-electron chi connectivity index (χ1n) is 10.7. The Kier molecular flexibility index (Phi) is 7.56. The molecule has 1 aromatic heterocycles. The number of thiocarbonyl (C=S) groups is 1. The highest BCUT2D eigenvalue weighted by Gasteiger charge is 2.34. The molecule has 8 heteroatoms. The maximum atomic E-state index is 12.6. The molecular formula is C24H30N2O4S2. The Morgan fingerprint density at radius 1 is 1.28 bits per heavy atom. The predicted octanol–water partition coefficient (Wildman–Crippen LogP) is 5.21. The van der Waals surface area contributed by atoms with Gasteiger partial charge in [-0.3, -0.25) is 10.1 Å². The van der Waals surface area contributed by atoms with Crippen LogP contribution in [0.15, 0.2) is 24.3 Å². The molecule has 1 aliphatic rings. The number of hydrogen-bond donors (Lipinski definition) is 2. The number of hydrogen-bond acceptors (Lipinski definition) is 6. The lowest BCUT2D eigenvalue weighted by Crippen LogP contribution is -2.34. The van der Waals surface area contributed by atoms with Crippen LogP contribution in [0.25, 0.3) is 0 Å². The van der Waals surface area contributed by atoms with Crippen molar-refractivity contribution in [2.24, 2.45) is 11.3 Å². The quantitative estimate of drug-likeness (QED) is 0.458. The van der Waals surface area contributed by atoms with Crippen molar-refractivity contribution in [3.8, 4) is 5.75 Å². The molecule has 1 atom stereocenters. The van der Waals surface area contributed by atoms with E-state index in [1.165, 1.54) is 23.3 Å². The molecule has 2 aromatic rings. The summed E-state index contributed by atoms with van der Waals surface area (Å²) in [4.78, 5) is 26.4. The van der Waals surface area contributed by atoms with Crippen molar-refractivity contribution in [1.82, 2.24) is 5.32 Å². The molecule has 2 N–H and O–H groups in total. The number of nitrogens with one attached hydrogen (secondary N) is 2. The standard InChI is InChI=1S/C24H30N2O4S2/c1-6-30-16-9-7-8-14(12-16)20(27)25-23(31)26-21-19(22(28)29-5)17-11-10-15(24(2,3)4)13-18(17)32-21/h7-9,12,15H,6,10-11,13H2,1-5H3,(H2,25,26,27,31). The maximum absolute atomic E-state index is 12.6. The first-order valence-corrected chi connectivity index (χ1v) is 11.9. The average Bonchev–Trinajstić information content (AvgIpc) is 3.09. The van der Waals surface area contributed by atoms with Crippen LogP contribution in [-0.4, -0.2) is 30.7 Å². The summed E-state index contributed by atoms with van der Waals surface area (Å²) in [5.41, 5.74) is 2.19. The Bertz CT molecular complexity index is 1020. The van der Waals surface area contributed by atoms with E-state index < -0.39 is 5.97 Å². The zero-order chi connectivity index (χ0) is 23.5. The van der Waals surface area contributed by atoms with E-state index in [-0.39, 0.29) is 16.4 Å². The number of esters is 1. The van der Waals surface area contributed by atoms with Gasteiger partial charge in [-0.15, -0.1) is 11.3 Å². The zero-order valence-electron chi connectivity index (χ0n) is 19.2. The van der Waals surface area contributed by atoms with Crippen molar-refractivity contribution in [1.29, 1.82) is 0 Å². The van der Waals surface area contributed by atoms with Gasteiger partial charge in [-0.1, -0.05) is 26.8 Å². The largest absolute Gasteiger partial charge is 0.494 e. The van der Waals surface area contributed by atoms with Crippen molar-refractivity contribution in [2.75, 3.05) is 19.0 Å². The van der Waals surface area contributed by atoms with Crippen molar-refractivity contribution < 1.29 is 19.1 Å². The molecule has 0 spiro atoms. The van der Waals surface area contributed by atoms with Crippen LogP contribution in [0.4, 0.5) is 5.00 Å². The van der Waals surface area contributed by atoms with Crippen LogP contribution in [0.5, 0.6) is 5.75 Å². The first-order chi connectivity index (χ1) is 15.1. The third kappa shape index (κ3) is 5.48. The van der Waals surface area contributed by atoms with Gasteiger partial charge in [0.05, 0.1) is 19.3 Å². The van der Waals surface area contributed by atoms with Gasteiger partial charge in [0.15, 0.2) is 5.11 Å². The molecule has 0 radical (unpaired) electrons. The third-order valence-electron chi connectivity index (χ3n) is 5.74. The van der Waals surface area contributed by atoms with E-state index in [1.54, 1.807) is 24.3 Å². The number of amides is 1. The van der Waals surface area contributed by atoms with Crippen LogP contribution in [-0.2, 0) is 17.6 Å². The van der Waals surface area contributed by atoms with Crippen LogP contribution in [0, 0.1) is 11.3 Å². The number of carbonyl (C=O) groups is 2. The van der Waals surface area contributed by atoms with Gasteiger partial charge in [0, 0.05) is 10.4 Å². The molecule has 0 fully saturated rings. The van der Waals surface area contributed by atoms with E-state index in [0.717, 1.165) is 24.8 Å². The molecule has 3 rings (SSSR count). The number of carbonyl (C=O) groups excluding carboxylic acids is 2. The SMILES string of the molecule is CCOc1cccc(C(=O)NC(=S)Nc2sc3c(c2C(=O)OC)CCC(C(C)(C)C)C3)c1. The second kappa shape index (κ2) is 10.0. The van der Waals surface area contributed by atoms with Gasteiger partial charge >= 0.3 is 5.97 Å². The Hall–Kier alpha value is -2.45. The summed E-state index contributed by atoms with van der Waals surface area (Å²) in [5, 5.41) is 6.50. The molecule has 1 heterocycles. The topological polar surface area (TPSA) is 76.7 Å². The van der Waals surface area contributed by atoms with Crippen LogP contribution >= 0.6 is 23.6 Å². The van der Waals surface area contributed by atoms with E-state index >= 15 is 0 Å². The van der Waals surface area contributed by atoms with Gasteiger partial charge < -0.3 is 14.8 Å². The molecule has 1 amide bonds. The summed E-state index contributed by atoms with van der Waals surface area (Å²) < 4.78 is 10.5. The number of benzene rings is 1. The van der Waals surface area contributed by atoms with Gasteiger partial charge in [-0.25, -0.2) is 4.79 Å². The Morgan fingerprint density at radius 2 is 2.03 bits per heavy atom. The molecular weight excluding hydrogens is 444 g/mol. The molecule has 0 aliphatic heterocycles. The number of thiophene rings is 1. The van der Waals surface area contributed by atoms with E-state index in [2.05, 4.69) is 31.4 Å². The van der Waals surface area contributed by atoms with Crippen LogP contribution in [0.1, 0.15) is 65.3 Å². The van der Waals surface area contributed by atoms with Crippen molar-refractivity contribution in [3.05, 3.63) is 45.8 Å². The lowest BCUT2D eigenvalue weighted by atomic mass is 9.72. The lowest BCUT2D eigenvalue weighted by Gasteiger charge is -2.33. The van der Waals surface area contributed by atoms with Crippen molar-refractivity contribution in [3.63, 3.8) is 0 Å². The summed E-state index contributed by atoms with van der Waals surface area (Å²) in [6.07, 6.45) is 2.76. The highest BCUT2D eigenvalue weighted by atomic mass is 32.1. The van der Waals surface area contributed by atoms with Gasteiger partial charge in [-0.05, 0) is 73.5 Å². The monoisotopic (exact) mass is 474 g/mol. The average molecular weight is 475 g/mol. The van der Waals surface area contributed by atoms with E-state index in [0.29, 0.717) is 34.4 Å². The number of rotatable bonds is 5. The van der Waals surface area contributed by atoms with Crippen molar-refractivity contribution in [2.45, 2.75) is 47.0 Å². The Morgan fingerprint density at radius 3 is 2.69 bits per heavy atom. The fraction of sp³-hybridized carbons (Fsp3) is 0.458. The fourth-order valence-corrected chi connectivity index (χ4v) is 5.51. The van der Waals surface area contributed by atoms with Crippen LogP contribution in [0.2, 0.25) is 0 Å².